The molecule has 0 fully saturated rings. The lowest BCUT2D eigenvalue weighted by Crippen LogP contribution is -2.42. The van der Waals surface area contributed by atoms with E-state index < -0.39 is 16.9 Å². The van der Waals surface area contributed by atoms with E-state index in [9.17, 15) is 19.7 Å². The molecule has 0 aliphatic carbocycles. The Balaban J connectivity index is 1.51. The third kappa shape index (κ3) is 5.78. The van der Waals surface area contributed by atoms with Crippen LogP contribution in [0.5, 0.6) is 0 Å². The third-order valence-corrected chi connectivity index (χ3v) is 5.73. The molecule has 1 aliphatic heterocycles. The Morgan fingerprint density at radius 3 is 2.38 bits per heavy atom. The molecule has 0 saturated heterocycles. The Kier molecular flexibility index (Phi) is 7.17. The molecule has 8 heteroatoms. The average molecular weight is 460 g/mol. The van der Waals surface area contributed by atoms with Gasteiger partial charge < -0.3 is 15.0 Å². The van der Waals surface area contributed by atoms with Crippen molar-refractivity contribution in [1.29, 1.82) is 0 Å². The molecule has 174 valence electrons. The number of hydrogen-bond acceptors (Lipinski definition) is 6. The first-order valence-electron chi connectivity index (χ1n) is 11.1. The maximum atomic E-state index is 13.4. The van der Waals surface area contributed by atoms with Crippen LogP contribution in [0, 0.1) is 10.1 Å². The number of nitro benzene ring substituents is 1. The van der Waals surface area contributed by atoms with Crippen molar-refractivity contribution >= 4 is 23.3 Å². The van der Waals surface area contributed by atoms with Gasteiger partial charge in [0.05, 0.1) is 11.3 Å². The van der Waals surface area contributed by atoms with Crippen molar-refractivity contribution in [3.05, 3.63) is 106 Å². The van der Waals surface area contributed by atoms with Crippen LogP contribution < -0.4 is 5.32 Å². The first-order chi connectivity index (χ1) is 16.5. The molecule has 4 rings (SSSR count). The van der Waals surface area contributed by atoms with Gasteiger partial charge in [0.15, 0.2) is 0 Å². The average Bonchev–Trinajstić information content (AvgIpc) is 2.98. The van der Waals surface area contributed by atoms with Crippen LogP contribution in [0.2, 0.25) is 0 Å². The van der Waals surface area contributed by atoms with Gasteiger partial charge in [0.1, 0.15) is 12.6 Å². The number of esters is 1. The van der Waals surface area contributed by atoms with Gasteiger partial charge in [0.2, 0.25) is 5.91 Å². The van der Waals surface area contributed by atoms with Crippen LogP contribution >= 0.6 is 0 Å². The predicted molar refractivity (Wildman–Crippen MR) is 127 cm³/mol. The molecule has 1 amide bonds. The summed E-state index contributed by atoms with van der Waals surface area (Å²) in [7, 11) is 0. The fraction of sp³-hybridized carbons (Fsp3) is 0.231. The molecular weight excluding hydrogens is 434 g/mol. The second-order valence-electron chi connectivity index (χ2n) is 8.14. The number of fused-ring (bicyclic) bond motifs is 1. The van der Waals surface area contributed by atoms with E-state index in [0.29, 0.717) is 24.2 Å². The van der Waals surface area contributed by atoms with Crippen LogP contribution in [-0.4, -0.2) is 34.3 Å². The summed E-state index contributed by atoms with van der Waals surface area (Å²) in [6.45, 7) is 0.758. The molecule has 0 aromatic heterocycles. The molecule has 1 N–H and O–H groups in total. The minimum Gasteiger partial charge on any atom is -0.461 e. The van der Waals surface area contributed by atoms with Gasteiger partial charge in [0, 0.05) is 36.5 Å². The van der Waals surface area contributed by atoms with Crippen molar-refractivity contribution in [2.75, 3.05) is 11.9 Å². The molecule has 3 aromatic rings. The maximum absolute atomic E-state index is 13.4. The molecule has 0 bridgehead atoms. The number of nitrogens with zero attached hydrogens (tertiary/aromatic N) is 2. The summed E-state index contributed by atoms with van der Waals surface area (Å²) in [4.78, 5) is 38.4. The monoisotopic (exact) mass is 459 g/mol. The minimum atomic E-state index is -0.832. The largest absolute Gasteiger partial charge is 0.461 e. The normalized spacial score (nSPS) is 15.1. The summed E-state index contributed by atoms with van der Waals surface area (Å²) in [5.41, 5.74) is 3.12. The fourth-order valence-electron chi connectivity index (χ4n) is 3.92. The van der Waals surface area contributed by atoms with Crippen molar-refractivity contribution in [3.63, 3.8) is 0 Å². The number of amides is 1. The number of ether oxygens (including phenoxy) is 1. The van der Waals surface area contributed by atoms with Gasteiger partial charge in [-0.2, -0.15) is 0 Å². The number of nitrogens with one attached hydrogen (secondary N) is 1. The molecule has 3 aromatic carbocycles. The molecule has 0 radical (unpaired) electrons. The lowest BCUT2D eigenvalue weighted by molar-refractivity contribution is -0.384. The molecule has 34 heavy (non-hydrogen) atoms. The summed E-state index contributed by atoms with van der Waals surface area (Å²) in [5.74, 6) is -0.741. The highest BCUT2D eigenvalue weighted by atomic mass is 16.6. The highest BCUT2D eigenvalue weighted by Crippen LogP contribution is 2.28. The fourth-order valence-corrected chi connectivity index (χ4v) is 3.92. The third-order valence-electron chi connectivity index (χ3n) is 5.73. The van der Waals surface area contributed by atoms with Crippen molar-refractivity contribution in [2.24, 2.45) is 0 Å². The van der Waals surface area contributed by atoms with Crippen LogP contribution in [0.4, 0.5) is 11.4 Å². The summed E-state index contributed by atoms with van der Waals surface area (Å²) in [6.07, 6.45) is 0.478. The number of rotatable bonds is 8. The van der Waals surface area contributed by atoms with Crippen LogP contribution in [0.1, 0.15) is 23.1 Å². The summed E-state index contributed by atoms with van der Waals surface area (Å²) >= 11 is 0. The Labute approximate surface area is 197 Å². The van der Waals surface area contributed by atoms with Gasteiger partial charge >= 0.3 is 5.97 Å². The molecule has 0 saturated carbocycles. The highest BCUT2D eigenvalue weighted by molar-refractivity contribution is 5.90. The molecule has 1 heterocycles. The maximum Gasteiger partial charge on any atom is 0.308 e. The van der Waals surface area contributed by atoms with E-state index in [1.807, 2.05) is 60.7 Å². The van der Waals surface area contributed by atoms with E-state index in [0.717, 1.165) is 11.1 Å². The Morgan fingerprint density at radius 1 is 1.03 bits per heavy atom. The smallest absolute Gasteiger partial charge is 0.308 e. The van der Waals surface area contributed by atoms with Crippen molar-refractivity contribution in [2.45, 2.75) is 32.0 Å². The van der Waals surface area contributed by atoms with Crippen molar-refractivity contribution in [1.82, 2.24) is 4.90 Å². The number of benzene rings is 3. The Hall–Kier alpha value is -4.20. The van der Waals surface area contributed by atoms with Crippen LogP contribution in [0.25, 0.3) is 0 Å². The Bertz CT molecular complexity index is 1170. The lowest BCUT2D eigenvalue weighted by atomic mass is 10.1. The molecular formula is C26H25N3O5. The zero-order chi connectivity index (χ0) is 23.9. The number of carbonyl (C=O) groups is 2. The van der Waals surface area contributed by atoms with E-state index in [1.165, 1.54) is 12.1 Å². The summed E-state index contributed by atoms with van der Waals surface area (Å²) < 4.78 is 5.38. The van der Waals surface area contributed by atoms with E-state index in [-0.39, 0.29) is 31.2 Å². The van der Waals surface area contributed by atoms with E-state index in [4.69, 9.17) is 4.74 Å². The molecule has 1 atom stereocenters. The van der Waals surface area contributed by atoms with E-state index >= 15 is 0 Å². The number of non-ortho nitro benzene ring substituents is 1. The predicted octanol–water partition coefficient (Wildman–Crippen LogP) is 4.09. The quantitative estimate of drug-likeness (QED) is 0.309. The van der Waals surface area contributed by atoms with Gasteiger partial charge in [-0.25, -0.2) is 0 Å². The van der Waals surface area contributed by atoms with E-state index in [2.05, 4.69) is 5.32 Å². The first kappa shape index (κ1) is 23.0. The second-order valence-corrected chi connectivity index (χ2v) is 8.14. The van der Waals surface area contributed by atoms with Gasteiger partial charge in [-0.15, -0.1) is 0 Å². The zero-order valence-corrected chi connectivity index (χ0v) is 18.6. The molecule has 8 nitrogen and oxygen atoms in total. The Morgan fingerprint density at radius 2 is 1.71 bits per heavy atom. The van der Waals surface area contributed by atoms with Gasteiger partial charge in [0.25, 0.3) is 5.69 Å². The second kappa shape index (κ2) is 10.6. The SMILES string of the molecule is O=C(CC1Nc2ccc([N+](=O)[O-])cc2CN(CCc2ccccc2)C1=O)OCc1ccccc1. The molecule has 1 unspecified atom stereocenters. The first-order valence-corrected chi connectivity index (χ1v) is 11.1. The van der Waals surface area contributed by atoms with Gasteiger partial charge in [-0.3, -0.25) is 19.7 Å². The molecule has 0 spiro atoms. The highest BCUT2D eigenvalue weighted by Gasteiger charge is 2.32. The van der Waals surface area contributed by atoms with Crippen LogP contribution in [-0.2, 0) is 33.9 Å². The topological polar surface area (TPSA) is 102 Å². The van der Waals surface area contributed by atoms with Crippen LogP contribution in [0.3, 0.4) is 0 Å². The van der Waals surface area contributed by atoms with Crippen LogP contribution in [0.15, 0.2) is 78.9 Å². The minimum absolute atomic E-state index is 0.0447. The summed E-state index contributed by atoms with van der Waals surface area (Å²) in [5, 5.41) is 14.4. The van der Waals surface area contributed by atoms with Crippen molar-refractivity contribution in [3.8, 4) is 0 Å². The van der Waals surface area contributed by atoms with Gasteiger partial charge in [-0.1, -0.05) is 60.7 Å². The lowest BCUT2D eigenvalue weighted by Gasteiger charge is -2.24. The summed E-state index contributed by atoms with van der Waals surface area (Å²) in [6, 6.07) is 22.7. The number of anilines is 1. The number of nitro groups is 1. The number of carbonyl (C=O) groups excluding carboxylic acids is 2. The molecule has 1 aliphatic rings. The van der Waals surface area contributed by atoms with E-state index in [1.54, 1.807) is 11.0 Å². The van der Waals surface area contributed by atoms with Gasteiger partial charge in [-0.05, 0) is 23.6 Å². The van der Waals surface area contributed by atoms with Crippen molar-refractivity contribution < 1.29 is 19.2 Å². The standard InChI is InChI=1S/C26H25N3O5/c30-25(34-18-20-9-5-2-6-10-20)16-24-26(31)28(14-13-19-7-3-1-4-8-19)17-21-15-22(29(32)33)11-12-23(21)27-24/h1-12,15,24,27H,13-14,16-18H2. The zero-order valence-electron chi connectivity index (χ0n) is 18.6. The number of hydrogen-bond donors (Lipinski definition) is 1.